The molecule has 9 heteroatoms. The molecule has 0 aliphatic carbocycles. The Balaban J connectivity index is 2.68. The first-order valence-electron chi connectivity index (χ1n) is 6.77. The molecular weight excluding hydrogens is 340 g/mol. The number of ether oxygens (including phenoxy) is 2. The van der Waals surface area contributed by atoms with Gasteiger partial charge in [0.15, 0.2) is 10.7 Å². The van der Waals surface area contributed by atoms with Crippen LogP contribution in [0.5, 0.6) is 0 Å². The van der Waals surface area contributed by atoms with E-state index in [1.165, 1.54) is 11.8 Å². The van der Waals surface area contributed by atoms with Gasteiger partial charge in [-0.2, -0.15) is 10.4 Å². The van der Waals surface area contributed by atoms with Crippen molar-refractivity contribution >= 4 is 29.3 Å². The Bertz CT molecular complexity index is 587. The van der Waals surface area contributed by atoms with Gasteiger partial charge in [0.05, 0.1) is 23.9 Å². The fourth-order valence-electron chi connectivity index (χ4n) is 1.47. The van der Waals surface area contributed by atoms with Crippen LogP contribution in [0.25, 0.3) is 0 Å². The van der Waals surface area contributed by atoms with Gasteiger partial charge in [0.2, 0.25) is 0 Å². The van der Waals surface area contributed by atoms with Crippen LogP contribution in [0.15, 0.2) is 22.7 Å². The lowest BCUT2D eigenvalue weighted by Gasteiger charge is -2.10. The molecule has 0 radical (unpaired) electrons. The van der Waals surface area contributed by atoms with Crippen LogP contribution in [0.3, 0.4) is 0 Å². The summed E-state index contributed by atoms with van der Waals surface area (Å²) in [4.78, 5) is 11.9. The van der Waals surface area contributed by atoms with Gasteiger partial charge in [-0.05, 0) is 25.3 Å². The highest BCUT2D eigenvalue weighted by Crippen LogP contribution is 2.15. The van der Waals surface area contributed by atoms with E-state index in [0.717, 1.165) is 0 Å². The summed E-state index contributed by atoms with van der Waals surface area (Å²) in [6, 6.07) is 5.18. The second-order valence-electron chi connectivity index (χ2n) is 4.05. The number of carbonyl (C=O) groups excluding carboxylic acids is 1. The maximum Gasteiger partial charge on any atom is 0.351 e. The van der Waals surface area contributed by atoms with Crippen LogP contribution in [-0.4, -0.2) is 42.2 Å². The summed E-state index contributed by atoms with van der Waals surface area (Å²) in [5.41, 5.74) is 0.541. The van der Waals surface area contributed by atoms with Gasteiger partial charge in [-0.15, -0.1) is 16.9 Å². The minimum atomic E-state index is -0.689. The van der Waals surface area contributed by atoms with E-state index in [1.807, 2.05) is 13.0 Å². The van der Waals surface area contributed by atoms with Crippen molar-refractivity contribution in [2.24, 2.45) is 0 Å². The molecule has 23 heavy (non-hydrogen) atoms. The normalized spacial score (nSPS) is 11.4. The van der Waals surface area contributed by atoms with Gasteiger partial charge in [-0.3, -0.25) is 0 Å². The molecule has 0 amide bonds. The van der Waals surface area contributed by atoms with Crippen molar-refractivity contribution in [2.45, 2.75) is 13.5 Å². The predicted molar refractivity (Wildman–Crippen MR) is 87.5 cm³/mol. The molecule has 0 bridgehead atoms. The molecule has 0 fully saturated rings. The van der Waals surface area contributed by atoms with E-state index in [2.05, 4.69) is 15.5 Å². The summed E-state index contributed by atoms with van der Waals surface area (Å²) in [6.45, 7) is 3.08. The number of halogens is 1. The summed E-state index contributed by atoms with van der Waals surface area (Å²) in [5, 5.41) is 20.5. The van der Waals surface area contributed by atoms with Gasteiger partial charge in [-0.25, -0.2) is 4.79 Å². The van der Waals surface area contributed by atoms with Crippen molar-refractivity contribution in [3.05, 3.63) is 33.6 Å². The van der Waals surface area contributed by atoms with Gasteiger partial charge in [0.25, 0.3) is 0 Å². The monoisotopic (exact) mass is 356 g/mol. The number of thioether (sulfide) groups is 1. The summed E-state index contributed by atoms with van der Waals surface area (Å²) in [5.74, 6) is -0.689. The van der Waals surface area contributed by atoms with Gasteiger partial charge in [0, 0.05) is 6.61 Å². The zero-order chi connectivity index (χ0) is 17.1. The maximum atomic E-state index is 11.9. The lowest BCUT2D eigenvalue weighted by Crippen LogP contribution is -2.19. The maximum absolute atomic E-state index is 11.9. The highest BCUT2D eigenvalue weighted by molar-refractivity contribution is 8.02. The standard InChI is InChI=1S/C14H17ClN4O3S/c1-3-21-6-7-22-14(20)11(8-16)13(23-2)17-9-10-4-5-12(15)19-18-10/h4-5,17H,3,6-7,9H2,1-2H3/b13-11+. The Hall–Kier alpha value is -1.82. The van der Waals surface area contributed by atoms with Crippen LogP contribution in [0.2, 0.25) is 5.15 Å². The van der Waals surface area contributed by atoms with Crippen molar-refractivity contribution in [1.82, 2.24) is 15.5 Å². The Morgan fingerprint density at radius 2 is 2.22 bits per heavy atom. The van der Waals surface area contributed by atoms with Gasteiger partial charge >= 0.3 is 5.97 Å². The number of rotatable bonds is 9. The summed E-state index contributed by atoms with van der Waals surface area (Å²) >= 11 is 6.90. The predicted octanol–water partition coefficient (Wildman–Crippen LogP) is 1.90. The van der Waals surface area contributed by atoms with E-state index in [-0.39, 0.29) is 12.2 Å². The van der Waals surface area contributed by atoms with E-state index < -0.39 is 5.97 Å². The number of esters is 1. The van der Waals surface area contributed by atoms with E-state index in [9.17, 15) is 10.1 Å². The third-order valence-electron chi connectivity index (χ3n) is 2.53. The molecule has 7 nitrogen and oxygen atoms in total. The minimum absolute atomic E-state index is 0.0871. The van der Waals surface area contributed by atoms with Gasteiger partial charge in [-0.1, -0.05) is 11.6 Å². The summed E-state index contributed by atoms with van der Waals surface area (Å²) in [7, 11) is 0. The van der Waals surface area contributed by atoms with E-state index >= 15 is 0 Å². The quantitative estimate of drug-likeness (QED) is 0.310. The van der Waals surface area contributed by atoms with Crippen LogP contribution in [0.4, 0.5) is 0 Å². The summed E-state index contributed by atoms with van der Waals surface area (Å²) < 4.78 is 10.1. The zero-order valence-electron chi connectivity index (χ0n) is 12.8. The van der Waals surface area contributed by atoms with E-state index in [1.54, 1.807) is 18.4 Å². The zero-order valence-corrected chi connectivity index (χ0v) is 14.4. The SMILES string of the molecule is CCOCCOC(=O)/C(C#N)=C(\NCc1ccc(Cl)nn1)SC. The molecule has 124 valence electrons. The van der Waals surface area contributed by atoms with Crippen molar-refractivity contribution < 1.29 is 14.3 Å². The second-order valence-corrected chi connectivity index (χ2v) is 5.26. The van der Waals surface area contributed by atoms with Crippen molar-refractivity contribution in [1.29, 1.82) is 5.26 Å². The van der Waals surface area contributed by atoms with Crippen molar-refractivity contribution in [3.8, 4) is 6.07 Å². The molecule has 0 saturated heterocycles. The number of hydrogen-bond donors (Lipinski definition) is 1. The fourth-order valence-corrected chi connectivity index (χ4v) is 2.12. The van der Waals surface area contributed by atoms with Crippen LogP contribution in [-0.2, 0) is 20.8 Å². The number of nitrogens with zero attached hydrogens (tertiary/aromatic N) is 3. The minimum Gasteiger partial charge on any atom is -0.459 e. The molecule has 0 unspecified atom stereocenters. The molecule has 1 aromatic heterocycles. The number of nitriles is 1. The lowest BCUT2D eigenvalue weighted by molar-refractivity contribution is -0.140. The van der Waals surface area contributed by atoms with Crippen LogP contribution >= 0.6 is 23.4 Å². The molecule has 0 aliphatic rings. The van der Waals surface area contributed by atoms with Gasteiger partial charge in [0.1, 0.15) is 12.7 Å². The first-order valence-corrected chi connectivity index (χ1v) is 8.37. The molecule has 0 spiro atoms. The first-order chi connectivity index (χ1) is 11.1. The fraction of sp³-hybridized carbons (Fsp3) is 0.429. The largest absolute Gasteiger partial charge is 0.459 e. The van der Waals surface area contributed by atoms with Gasteiger partial charge < -0.3 is 14.8 Å². The van der Waals surface area contributed by atoms with Crippen molar-refractivity contribution in [2.75, 3.05) is 26.1 Å². The molecule has 0 atom stereocenters. The molecule has 1 aromatic rings. The molecule has 1 N–H and O–H groups in total. The second kappa shape index (κ2) is 10.8. The highest BCUT2D eigenvalue weighted by Gasteiger charge is 2.17. The molecule has 0 aromatic carbocycles. The molecule has 1 heterocycles. The first kappa shape index (κ1) is 19.2. The third kappa shape index (κ3) is 6.86. The number of carbonyl (C=O) groups is 1. The summed E-state index contributed by atoms with van der Waals surface area (Å²) in [6.07, 6.45) is 1.75. The van der Waals surface area contributed by atoms with Crippen LogP contribution in [0.1, 0.15) is 12.6 Å². The smallest absolute Gasteiger partial charge is 0.351 e. The van der Waals surface area contributed by atoms with Crippen molar-refractivity contribution in [3.63, 3.8) is 0 Å². The number of hydrogen-bond acceptors (Lipinski definition) is 8. The lowest BCUT2D eigenvalue weighted by atomic mass is 10.3. The molecule has 0 saturated carbocycles. The molecular formula is C14H17ClN4O3S. The Kier molecular flexibility index (Phi) is 9.05. The Morgan fingerprint density at radius 1 is 1.43 bits per heavy atom. The number of nitrogens with one attached hydrogen (secondary N) is 1. The number of aromatic nitrogens is 2. The molecule has 1 rings (SSSR count). The Labute approximate surface area is 144 Å². The molecule has 0 aliphatic heterocycles. The average Bonchev–Trinajstić information content (AvgIpc) is 2.56. The third-order valence-corrected chi connectivity index (χ3v) is 3.49. The Morgan fingerprint density at radius 3 is 2.78 bits per heavy atom. The average molecular weight is 357 g/mol. The van der Waals surface area contributed by atoms with E-state index in [0.29, 0.717) is 35.6 Å². The van der Waals surface area contributed by atoms with Crippen LogP contribution < -0.4 is 5.32 Å². The van der Waals surface area contributed by atoms with E-state index in [4.69, 9.17) is 21.1 Å². The highest BCUT2D eigenvalue weighted by atomic mass is 35.5. The topological polar surface area (TPSA) is 97.1 Å². The van der Waals surface area contributed by atoms with Crippen LogP contribution in [0, 0.1) is 11.3 Å².